The molecule has 1 aliphatic carbocycles. The van der Waals surface area contributed by atoms with Crippen molar-refractivity contribution in [2.45, 2.75) is 49.4 Å². The van der Waals surface area contributed by atoms with E-state index in [0.29, 0.717) is 0 Å². The molecule has 2 aliphatic rings. The van der Waals surface area contributed by atoms with E-state index in [0.717, 1.165) is 4.90 Å². The molecule has 0 spiro atoms. The smallest absolute Gasteiger partial charge is 0.431 e. The van der Waals surface area contributed by atoms with E-state index < -0.39 is 83.4 Å². The number of esters is 2. The molecule has 0 aromatic heterocycles. The van der Waals surface area contributed by atoms with Gasteiger partial charge in [0.25, 0.3) is 11.8 Å². The first-order valence-corrected chi connectivity index (χ1v) is 12.7. The Hall–Kier alpha value is -3.11. The van der Waals surface area contributed by atoms with Gasteiger partial charge in [0.2, 0.25) is 0 Å². The van der Waals surface area contributed by atoms with Gasteiger partial charge >= 0.3 is 33.2 Å². The fraction of sp³-hybridized carbons (Fsp3) is 0.545. The monoisotopic (exact) mass is 569 g/mol. The number of ether oxygens (including phenoxy) is 3. The Morgan fingerprint density at radius 2 is 1.53 bits per heavy atom. The van der Waals surface area contributed by atoms with Gasteiger partial charge in [0.1, 0.15) is 6.61 Å². The Bertz CT molecular complexity index is 1160. The van der Waals surface area contributed by atoms with Crippen molar-refractivity contribution in [2.24, 2.45) is 5.92 Å². The van der Waals surface area contributed by atoms with E-state index in [4.69, 9.17) is 14.0 Å². The summed E-state index contributed by atoms with van der Waals surface area (Å²) in [5.74, 6) is -8.91. The molecule has 38 heavy (non-hydrogen) atoms. The molecule has 1 aromatic rings. The highest BCUT2D eigenvalue weighted by Gasteiger charge is 2.65. The van der Waals surface area contributed by atoms with E-state index in [1.807, 2.05) is 0 Å². The fourth-order valence-corrected chi connectivity index (χ4v) is 4.40. The first-order valence-electron chi connectivity index (χ1n) is 11.3. The average molecular weight is 569 g/mol. The van der Waals surface area contributed by atoms with E-state index in [9.17, 15) is 45.2 Å². The number of fused-ring (bicyclic) bond motifs is 1. The summed E-state index contributed by atoms with van der Waals surface area (Å²) >= 11 is 0. The van der Waals surface area contributed by atoms with Crippen LogP contribution < -0.4 is 0 Å². The lowest BCUT2D eigenvalue weighted by molar-refractivity contribution is -0.176. The van der Waals surface area contributed by atoms with E-state index >= 15 is 0 Å². The number of carbonyl (C=O) groups is 4. The summed E-state index contributed by atoms with van der Waals surface area (Å²) in [5.41, 5.74) is 0.398. The maximum Gasteiger partial charge on any atom is 0.431 e. The minimum absolute atomic E-state index is 0.172. The Labute approximate surface area is 213 Å². The molecular weight excluding hydrogens is 546 g/mol. The molecule has 3 rings (SSSR count). The van der Waals surface area contributed by atoms with Crippen molar-refractivity contribution in [3.63, 3.8) is 0 Å². The highest BCUT2D eigenvalue weighted by molar-refractivity contribution is 7.87. The van der Waals surface area contributed by atoms with Gasteiger partial charge in [-0.05, 0) is 37.8 Å². The molecule has 1 saturated carbocycles. The molecule has 16 heteroatoms. The van der Waals surface area contributed by atoms with Crippen LogP contribution >= 0.6 is 0 Å². The van der Waals surface area contributed by atoms with Crippen molar-refractivity contribution in [1.82, 2.24) is 4.90 Å². The molecule has 2 amide bonds. The van der Waals surface area contributed by atoms with E-state index in [1.165, 1.54) is 12.1 Å². The number of benzene rings is 1. The zero-order chi connectivity index (χ0) is 28.3. The Kier molecular flexibility index (Phi) is 8.78. The highest BCUT2D eigenvalue weighted by atomic mass is 32.2. The number of amides is 2. The molecule has 0 atom stereocenters. The summed E-state index contributed by atoms with van der Waals surface area (Å²) < 4.78 is 97.5. The van der Waals surface area contributed by atoms with Crippen LogP contribution in [0, 0.1) is 5.92 Å². The highest BCUT2D eigenvalue weighted by Crippen LogP contribution is 2.40. The van der Waals surface area contributed by atoms with E-state index in [-0.39, 0.29) is 36.8 Å². The van der Waals surface area contributed by atoms with Crippen LogP contribution in [-0.4, -0.2) is 78.8 Å². The molecular formula is C22H23F4NO10S. The second-order valence-corrected chi connectivity index (χ2v) is 10.1. The van der Waals surface area contributed by atoms with Gasteiger partial charge in [-0.15, -0.1) is 0 Å². The van der Waals surface area contributed by atoms with Crippen molar-refractivity contribution >= 4 is 33.9 Å². The van der Waals surface area contributed by atoms with Crippen molar-refractivity contribution < 1.29 is 63.9 Å². The Morgan fingerprint density at radius 3 is 2.05 bits per heavy atom. The van der Waals surface area contributed by atoms with Gasteiger partial charge in [0.15, 0.2) is 6.73 Å². The number of halogens is 4. The molecule has 11 nitrogen and oxygen atoms in total. The quantitative estimate of drug-likeness (QED) is 0.182. The van der Waals surface area contributed by atoms with Gasteiger partial charge in [0, 0.05) is 0 Å². The van der Waals surface area contributed by atoms with Crippen LogP contribution in [0.4, 0.5) is 17.6 Å². The molecule has 1 aliphatic heterocycles. The Morgan fingerprint density at radius 1 is 0.974 bits per heavy atom. The first-order chi connectivity index (χ1) is 17.7. The molecule has 0 saturated heterocycles. The summed E-state index contributed by atoms with van der Waals surface area (Å²) in [4.78, 5) is 49.3. The van der Waals surface area contributed by atoms with Crippen molar-refractivity contribution in [3.05, 3.63) is 35.4 Å². The number of imide groups is 1. The minimum Gasteiger partial charge on any atom is -0.465 e. The van der Waals surface area contributed by atoms with Crippen LogP contribution in [0.25, 0.3) is 0 Å². The van der Waals surface area contributed by atoms with Crippen LogP contribution in [0.2, 0.25) is 0 Å². The summed E-state index contributed by atoms with van der Waals surface area (Å²) in [6, 6.07) is 6.14. The maximum atomic E-state index is 13.5. The zero-order valence-corrected chi connectivity index (χ0v) is 20.4. The van der Waals surface area contributed by atoms with Gasteiger partial charge in [-0.25, -0.2) is 9.69 Å². The normalized spacial score (nSPS) is 20.3. The first kappa shape index (κ1) is 29.4. The Balaban J connectivity index is 1.35. The predicted molar refractivity (Wildman–Crippen MR) is 117 cm³/mol. The number of hydrogen-bond donors (Lipinski definition) is 1. The lowest BCUT2D eigenvalue weighted by atomic mass is 9.87. The fourth-order valence-electron chi connectivity index (χ4n) is 3.92. The lowest BCUT2D eigenvalue weighted by Gasteiger charge is -2.27. The van der Waals surface area contributed by atoms with Crippen LogP contribution in [0.3, 0.4) is 0 Å². The summed E-state index contributed by atoms with van der Waals surface area (Å²) in [6.07, 6.45) is -1.42. The standard InChI is InChI=1S/C22H23F4NO10S/c23-21(24,22(25,26)38(32,33)34)9-10-35-20(31)13-5-7-14(8-6-13)36-11-17(28)37-12-27-18(29)15-3-1-2-4-16(15)19(27)30/h1-4,13-14H,5-12H2,(H,32,33,34). The zero-order valence-electron chi connectivity index (χ0n) is 19.6. The number of alkyl halides is 4. The third kappa shape index (κ3) is 6.30. The van der Waals surface area contributed by atoms with Gasteiger partial charge in [-0.1, -0.05) is 12.1 Å². The van der Waals surface area contributed by atoms with Crippen LogP contribution in [-0.2, 0) is 33.9 Å². The molecule has 1 heterocycles. The molecule has 210 valence electrons. The second kappa shape index (κ2) is 11.3. The van der Waals surface area contributed by atoms with Crippen molar-refractivity contribution in [2.75, 3.05) is 19.9 Å². The van der Waals surface area contributed by atoms with E-state index in [1.54, 1.807) is 12.1 Å². The summed E-state index contributed by atoms with van der Waals surface area (Å²) in [7, 11) is -6.38. The number of carbonyl (C=O) groups excluding carboxylic acids is 4. The summed E-state index contributed by atoms with van der Waals surface area (Å²) in [6.45, 7) is -2.30. The molecule has 1 aromatic carbocycles. The summed E-state index contributed by atoms with van der Waals surface area (Å²) in [5, 5.41) is -5.74. The third-order valence-electron chi connectivity index (χ3n) is 6.09. The number of nitrogens with zero attached hydrogens (tertiary/aromatic N) is 1. The third-order valence-corrected chi connectivity index (χ3v) is 7.03. The van der Waals surface area contributed by atoms with E-state index in [2.05, 4.69) is 4.74 Å². The van der Waals surface area contributed by atoms with Crippen LogP contribution in [0.5, 0.6) is 0 Å². The predicted octanol–water partition coefficient (Wildman–Crippen LogP) is 2.41. The molecule has 0 radical (unpaired) electrons. The molecule has 1 N–H and O–H groups in total. The van der Waals surface area contributed by atoms with Crippen LogP contribution in [0.15, 0.2) is 24.3 Å². The topological polar surface area (TPSA) is 154 Å². The minimum atomic E-state index is -6.38. The van der Waals surface area contributed by atoms with Crippen molar-refractivity contribution in [1.29, 1.82) is 0 Å². The maximum absolute atomic E-state index is 13.5. The van der Waals surface area contributed by atoms with Crippen LogP contribution in [0.1, 0.15) is 52.8 Å². The molecule has 0 unspecified atom stereocenters. The van der Waals surface area contributed by atoms with Gasteiger partial charge in [-0.2, -0.15) is 26.0 Å². The van der Waals surface area contributed by atoms with Crippen molar-refractivity contribution in [3.8, 4) is 0 Å². The second-order valence-electron chi connectivity index (χ2n) is 8.63. The number of hydrogen-bond acceptors (Lipinski definition) is 9. The number of rotatable bonds is 11. The molecule has 1 fully saturated rings. The lowest BCUT2D eigenvalue weighted by Crippen LogP contribution is -2.47. The average Bonchev–Trinajstić information content (AvgIpc) is 3.10. The molecule has 0 bridgehead atoms. The van der Waals surface area contributed by atoms with Gasteiger partial charge in [-0.3, -0.25) is 18.9 Å². The van der Waals surface area contributed by atoms with Gasteiger partial charge in [0.05, 0.1) is 36.2 Å². The largest absolute Gasteiger partial charge is 0.465 e. The SMILES string of the molecule is O=C(COC1CCC(C(=O)OCCC(F)(F)C(F)(F)S(=O)(=O)O)CC1)OCN1C(=O)c2ccccc2C1=O. The van der Waals surface area contributed by atoms with Gasteiger partial charge < -0.3 is 14.2 Å².